The van der Waals surface area contributed by atoms with E-state index in [0.717, 1.165) is 57.7 Å². The standard InChI is InChI=1S/C45H62N6O6/c1-10-35-37(27-45(6,7)28-57-30-53)42(36-20-16-22-46-40(36)32(5)56-9)50(11-2)39(35)21-15-18-33-17-14-19-34(25-33)26-38(44(55)51-24-13-12-23-47-51)48-43(54)41(31(3)4)49(8)29-52/h10,14-17,19-22,25,29-32,38,41,47H,1,11-13,18,23-24,26-28H2,2-9H3,(H,48,54)/b21-15-. The van der Waals surface area contributed by atoms with Gasteiger partial charge in [0.2, 0.25) is 12.3 Å². The van der Waals surface area contributed by atoms with Crippen molar-refractivity contribution in [3.63, 3.8) is 0 Å². The third-order valence-electron chi connectivity index (χ3n) is 10.6. The molecule has 12 nitrogen and oxygen atoms in total. The minimum atomic E-state index is -0.825. The van der Waals surface area contributed by atoms with Crippen molar-refractivity contribution in [1.29, 1.82) is 0 Å². The van der Waals surface area contributed by atoms with Crippen LogP contribution in [-0.2, 0) is 54.5 Å². The molecule has 0 bridgehead atoms. The molecule has 3 atom stereocenters. The molecule has 0 saturated carbocycles. The molecule has 3 aromatic rings. The van der Waals surface area contributed by atoms with E-state index in [0.29, 0.717) is 51.8 Å². The number of nitrogens with zero attached hydrogens (tertiary/aromatic N) is 4. The highest BCUT2D eigenvalue weighted by Crippen LogP contribution is 2.40. The van der Waals surface area contributed by atoms with Gasteiger partial charge in [-0.05, 0) is 80.3 Å². The highest BCUT2D eigenvalue weighted by Gasteiger charge is 2.33. The predicted molar refractivity (Wildman–Crippen MR) is 225 cm³/mol. The van der Waals surface area contributed by atoms with Crippen molar-refractivity contribution in [2.24, 2.45) is 11.3 Å². The van der Waals surface area contributed by atoms with Crippen LogP contribution >= 0.6 is 0 Å². The summed E-state index contributed by atoms with van der Waals surface area (Å²) in [6, 6.07) is 10.6. The SMILES string of the molecule is C=Cc1c(CC(C)(C)COC=O)c(-c2cccnc2C(C)OC)n(CC)c1/C=C\Cc1cccc(CC(NC(=O)C(C(C)C)N(C)C=O)C(=O)N2CCCCN2)c1. The van der Waals surface area contributed by atoms with E-state index in [1.165, 1.54) is 4.90 Å². The van der Waals surface area contributed by atoms with Crippen LogP contribution in [0.4, 0.5) is 0 Å². The Kier molecular flexibility index (Phi) is 16.4. The lowest BCUT2D eigenvalue weighted by atomic mass is 9.83. The summed E-state index contributed by atoms with van der Waals surface area (Å²) in [7, 11) is 3.26. The van der Waals surface area contributed by atoms with Gasteiger partial charge in [-0.15, -0.1) is 0 Å². The summed E-state index contributed by atoms with van der Waals surface area (Å²) in [5, 5.41) is 4.61. The van der Waals surface area contributed by atoms with Crippen LogP contribution in [0, 0.1) is 11.3 Å². The number of pyridine rings is 1. The first-order chi connectivity index (χ1) is 27.3. The summed E-state index contributed by atoms with van der Waals surface area (Å²) >= 11 is 0. The molecule has 0 spiro atoms. The van der Waals surface area contributed by atoms with E-state index >= 15 is 0 Å². The zero-order valence-corrected chi connectivity index (χ0v) is 35.0. The Balaban J connectivity index is 1.70. The molecule has 3 unspecified atom stereocenters. The molecule has 1 fully saturated rings. The van der Waals surface area contributed by atoms with Crippen molar-refractivity contribution < 1.29 is 28.7 Å². The third-order valence-corrected chi connectivity index (χ3v) is 10.6. The first-order valence-corrected chi connectivity index (χ1v) is 20.0. The molecule has 1 aliphatic rings. The van der Waals surface area contributed by atoms with Crippen LogP contribution in [0.2, 0.25) is 0 Å². The van der Waals surface area contributed by atoms with Crippen LogP contribution < -0.4 is 10.7 Å². The van der Waals surface area contributed by atoms with Crippen LogP contribution in [0.3, 0.4) is 0 Å². The van der Waals surface area contributed by atoms with Crippen LogP contribution in [0.15, 0.2) is 55.3 Å². The second kappa shape index (κ2) is 20.9. The van der Waals surface area contributed by atoms with E-state index in [-0.39, 0.29) is 35.9 Å². The van der Waals surface area contributed by atoms with Gasteiger partial charge in [0.1, 0.15) is 12.1 Å². The number of benzene rings is 1. The van der Waals surface area contributed by atoms with E-state index in [1.807, 2.05) is 45.0 Å². The van der Waals surface area contributed by atoms with Crippen molar-refractivity contribution in [3.05, 3.63) is 88.9 Å². The van der Waals surface area contributed by atoms with Crippen molar-refractivity contribution in [2.75, 3.05) is 33.9 Å². The van der Waals surface area contributed by atoms with Crippen molar-refractivity contribution in [2.45, 2.75) is 98.4 Å². The Hall–Kier alpha value is -5.07. The largest absolute Gasteiger partial charge is 0.467 e. The van der Waals surface area contributed by atoms with Crippen LogP contribution in [-0.4, -0.2) is 90.1 Å². The Morgan fingerprint density at radius 2 is 1.88 bits per heavy atom. The number of hydrazine groups is 1. The highest BCUT2D eigenvalue weighted by molar-refractivity contribution is 5.91. The fourth-order valence-corrected chi connectivity index (χ4v) is 7.75. The molecular formula is C45H62N6O6. The minimum Gasteiger partial charge on any atom is -0.467 e. The monoisotopic (exact) mass is 782 g/mol. The summed E-state index contributed by atoms with van der Waals surface area (Å²) in [4.78, 5) is 56.4. The number of rotatable bonds is 21. The highest BCUT2D eigenvalue weighted by atomic mass is 16.5. The normalized spacial score (nSPS) is 14.9. The number of amides is 3. The maximum absolute atomic E-state index is 13.9. The van der Waals surface area contributed by atoms with Gasteiger partial charge in [-0.1, -0.05) is 70.7 Å². The number of carbonyl (C=O) groups is 4. The number of ether oxygens (including phenoxy) is 2. The van der Waals surface area contributed by atoms with Crippen LogP contribution in [0.5, 0.6) is 0 Å². The molecule has 57 heavy (non-hydrogen) atoms. The molecule has 3 amide bonds. The first-order valence-electron chi connectivity index (χ1n) is 20.0. The third kappa shape index (κ3) is 11.3. The average Bonchev–Trinajstić information content (AvgIpc) is 3.49. The summed E-state index contributed by atoms with van der Waals surface area (Å²) in [6.07, 6.45) is 11.7. The Labute approximate surface area is 338 Å². The predicted octanol–water partition coefficient (Wildman–Crippen LogP) is 6.19. The topological polar surface area (TPSA) is 135 Å². The van der Waals surface area contributed by atoms with E-state index < -0.39 is 12.1 Å². The maximum Gasteiger partial charge on any atom is 0.293 e. The number of methoxy groups -OCH3 is 1. The second-order valence-corrected chi connectivity index (χ2v) is 15.9. The molecule has 2 aromatic heterocycles. The number of carbonyl (C=O) groups excluding carboxylic acids is 4. The van der Waals surface area contributed by atoms with Gasteiger partial charge in [-0.25, -0.2) is 5.43 Å². The molecule has 1 saturated heterocycles. The summed E-state index contributed by atoms with van der Waals surface area (Å²) in [6.45, 7) is 19.0. The van der Waals surface area contributed by atoms with Crippen molar-refractivity contribution in [1.82, 2.24) is 30.2 Å². The Morgan fingerprint density at radius 3 is 2.51 bits per heavy atom. The summed E-state index contributed by atoms with van der Waals surface area (Å²) in [5.74, 6) is -0.712. The van der Waals surface area contributed by atoms with Gasteiger partial charge >= 0.3 is 0 Å². The number of hydrogen-bond donors (Lipinski definition) is 2. The fourth-order valence-electron chi connectivity index (χ4n) is 7.75. The minimum absolute atomic E-state index is 0.148. The van der Waals surface area contributed by atoms with E-state index in [1.54, 1.807) is 25.4 Å². The smallest absolute Gasteiger partial charge is 0.293 e. The number of hydrogen-bond acceptors (Lipinski definition) is 8. The first kappa shape index (κ1) is 44.6. The fraction of sp³-hybridized carbons (Fsp3) is 0.489. The number of likely N-dealkylation sites (N-methyl/N-ethyl adjacent to an activating group) is 1. The quantitative estimate of drug-likeness (QED) is 0.122. The van der Waals surface area contributed by atoms with E-state index in [2.05, 4.69) is 73.0 Å². The molecule has 3 heterocycles. The Bertz CT molecular complexity index is 1880. The molecule has 4 rings (SSSR count). The molecular weight excluding hydrogens is 721 g/mol. The number of nitrogens with one attached hydrogen (secondary N) is 2. The van der Waals surface area contributed by atoms with Gasteiger partial charge in [0, 0.05) is 68.6 Å². The van der Waals surface area contributed by atoms with Gasteiger partial charge < -0.3 is 24.3 Å². The average molecular weight is 783 g/mol. The molecule has 1 aromatic carbocycles. The van der Waals surface area contributed by atoms with Gasteiger partial charge in [0.05, 0.1) is 24.1 Å². The lowest BCUT2D eigenvalue weighted by molar-refractivity contribution is -0.142. The molecule has 1 aliphatic heterocycles. The summed E-state index contributed by atoms with van der Waals surface area (Å²) in [5.41, 5.74) is 10.7. The van der Waals surface area contributed by atoms with Gasteiger partial charge in [0.25, 0.3) is 12.4 Å². The molecule has 308 valence electrons. The second-order valence-electron chi connectivity index (χ2n) is 15.9. The lowest BCUT2D eigenvalue weighted by Crippen LogP contribution is -2.58. The van der Waals surface area contributed by atoms with Crippen LogP contribution in [0.25, 0.3) is 23.4 Å². The van der Waals surface area contributed by atoms with Crippen molar-refractivity contribution >= 4 is 36.8 Å². The maximum atomic E-state index is 13.9. The van der Waals surface area contributed by atoms with Gasteiger partial charge in [0.15, 0.2) is 0 Å². The van der Waals surface area contributed by atoms with Crippen LogP contribution in [0.1, 0.15) is 94.1 Å². The Morgan fingerprint density at radius 1 is 1.12 bits per heavy atom. The number of allylic oxidation sites excluding steroid dienone is 1. The van der Waals surface area contributed by atoms with E-state index in [9.17, 15) is 19.2 Å². The molecule has 0 radical (unpaired) electrons. The molecule has 12 heteroatoms. The molecule has 2 N–H and O–H groups in total. The van der Waals surface area contributed by atoms with Gasteiger partial charge in [-0.3, -0.25) is 29.2 Å². The zero-order valence-electron chi connectivity index (χ0n) is 35.0. The number of aromatic nitrogens is 2. The van der Waals surface area contributed by atoms with Crippen molar-refractivity contribution in [3.8, 4) is 11.3 Å². The lowest BCUT2D eigenvalue weighted by Gasteiger charge is -2.33. The van der Waals surface area contributed by atoms with Gasteiger partial charge in [-0.2, -0.15) is 0 Å². The van der Waals surface area contributed by atoms with E-state index in [4.69, 9.17) is 14.5 Å². The zero-order chi connectivity index (χ0) is 41.7. The summed E-state index contributed by atoms with van der Waals surface area (Å²) < 4.78 is 13.3. The molecule has 0 aliphatic carbocycles.